The minimum Gasteiger partial charge on any atom is -0.465 e. The van der Waals surface area contributed by atoms with Crippen LogP contribution in [0.15, 0.2) is 30.3 Å². The van der Waals surface area contributed by atoms with Gasteiger partial charge in [0, 0.05) is 23.5 Å². The summed E-state index contributed by atoms with van der Waals surface area (Å²) in [6, 6.07) is 9.18. The number of benzene rings is 1. The number of carbonyl (C=O) groups is 2. The molecule has 0 atom stereocenters. The summed E-state index contributed by atoms with van der Waals surface area (Å²) < 4.78 is 6.82. The topological polar surface area (TPSA) is 48.3 Å². The molecule has 0 aliphatic heterocycles. The summed E-state index contributed by atoms with van der Waals surface area (Å²) in [4.78, 5) is 22.7. The molecule has 4 nitrogen and oxygen atoms in total. The van der Waals surface area contributed by atoms with Crippen LogP contribution in [-0.4, -0.2) is 23.9 Å². The molecular formula is C16H17NO3. The van der Waals surface area contributed by atoms with Gasteiger partial charge in [-0.2, -0.15) is 0 Å². The van der Waals surface area contributed by atoms with E-state index in [0.717, 1.165) is 23.2 Å². The van der Waals surface area contributed by atoms with E-state index in [1.807, 2.05) is 42.7 Å². The van der Waals surface area contributed by atoms with E-state index in [0.29, 0.717) is 17.7 Å². The van der Waals surface area contributed by atoms with Crippen molar-refractivity contribution in [1.82, 2.24) is 4.57 Å². The summed E-state index contributed by atoms with van der Waals surface area (Å²) in [5, 5.41) is 0. The SMILES string of the molecule is COC(=O)c1ccccc1Cn1c(C)cc(C=O)c1C. The predicted molar refractivity (Wildman–Crippen MR) is 76.2 cm³/mol. The van der Waals surface area contributed by atoms with E-state index in [-0.39, 0.29) is 5.97 Å². The first kappa shape index (κ1) is 14.1. The first-order valence-corrected chi connectivity index (χ1v) is 6.36. The molecule has 2 rings (SSSR count). The summed E-state index contributed by atoms with van der Waals surface area (Å²) >= 11 is 0. The third kappa shape index (κ3) is 2.50. The number of hydrogen-bond acceptors (Lipinski definition) is 3. The highest BCUT2D eigenvalue weighted by Crippen LogP contribution is 2.18. The average molecular weight is 271 g/mol. The predicted octanol–water partition coefficient (Wildman–Crippen LogP) is 2.75. The summed E-state index contributed by atoms with van der Waals surface area (Å²) in [6.45, 7) is 4.38. The Hall–Kier alpha value is -2.36. The van der Waals surface area contributed by atoms with Crippen LogP contribution in [0.1, 0.15) is 37.7 Å². The van der Waals surface area contributed by atoms with Crippen molar-refractivity contribution in [2.45, 2.75) is 20.4 Å². The number of aromatic nitrogens is 1. The minimum absolute atomic E-state index is 0.348. The van der Waals surface area contributed by atoms with Crippen LogP contribution < -0.4 is 0 Å². The molecule has 0 N–H and O–H groups in total. The normalized spacial score (nSPS) is 10.3. The van der Waals surface area contributed by atoms with Gasteiger partial charge in [0.2, 0.25) is 0 Å². The Morgan fingerprint density at radius 3 is 2.60 bits per heavy atom. The van der Waals surface area contributed by atoms with Crippen molar-refractivity contribution in [2.75, 3.05) is 7.11 Å². The molecule has 104 valence electrons. The van der Waals surface area contributed by atoms with Crippen molar-refractivity contribution in [1.29, 1.82) is 0 Å². The molecule has 0 saturated carbocycles. The first-order chi connectivity index (χ1) is 9.58. The second-order valence-electron chi connectivity index (χ2n) is 4.68. The summed E-state index contributed by atoms with van der Waals surface area (Å²) in [7, 11) is 1.37. The molecule has 0 amide bonds. The van der Waals surface area contributed by atoms with Crippen LogP contribution in [0.4, 0.5) is 0 Å². The van der Waals surface area contributed by atoms with Gasteiger partial charge in [0.15, 0.2) is 6.29 Å². The van der Waals surface area contributed by atoms with Crippen LogP contribution in [0.3, 0.4) is 0 Å². The Kier molecular flexibility index (Phi) is 4.03. The third-order valence-electron chi connectivity index (χ3n) is 3.49. The van der Waals surface area contributed by atoms with Crippen LogP contribution in [-0.2, 0) is 11.3 Å². The quantitative estimate of drug-likeness (QED) is 0.634. The van der Waals surface area contributed by atoms with E-state index in [2.05, 4.69) is 0 Å². The third-order valence-corrected chi connectivity index (χ3v) is 3.49. The molecule has 0 aliphatic carbocycles. The first-order valence-electron chi connectivity index (χ1n) is 6.36. The zero-order valence-corrected chi connectivity index (χ0v) is 11.8. The van der Waals surface area contributed by atoms with Gasteiger partial charge in [-0.1, -0.05) is 18.2 Å². The van der Waals surface area contributed by atoms with Crippen LogP contribution in [0, 0.1) is 13.8 Å². The maximum absolute atomic E-state index is 11.8. The number of esters is 1. The van der Waals surface area contributed by atoms with Gasteiger partial charge in [0.25, 0.3) is 0 Å². The lowest BCUT2D eigenvalue weighted by molar-refractivity contribution is 0.0599. The van der Waals surface area contributed by atoms with E-state index < -0.39 is 0 Å². The molecule has 0 unspecified atom stereocenters. The molecular weight excluding hydrogens is 254 g/mol. The van der Waals surface area contributed by atoms with E-state index in [1.165, 1.54) is 7.11 Å². The number of ether oxygens (including phenoxy) is 1. The Bertz CT molecular complexity index is 656. The van der Waals surface area contributed by atoms with E-state index >= 15 is 0 Å². The lowest BCUT2D eigenvalue weighted by atomic mass is 10.1. The summed E-state index contributed by atoms with van der Waals surface area (Å²) in [6.07, 6.45) is 0.852. The molecule has 1 aromatic carbocycles. The van der Waals surface area contributed by atoms with Gasteiger partial charge in [0.1, 0.15) is 0 Å². The van der Waals surface area contributed by atoms with Crippen LogP contribution >= 0.6 is 0 Å². The molecule has 20 heavy (non-hydrogen) atoms. The van der Waals surface area contributed by atoms with Crippen molar-refractivity contribution < 1.29 is 14.3 Å². The van der Waals surface area contributed by atoms with Gasteiger partial charge in [-0.15, -0.1) is 0 Å². The van der Waals surface area contributed by atoms with Crippen molar-refractivity contribution in [3.05, 3.63) is 58.4 Å². The van der Waals surface area contributed by atoms with Gasteiger partial charge in [-0.3, -0.25) is 4.79 Å². The maximum Gasteiger partial charge on any atom is 0.338 e. The molecule has 0 spiro atoms. The fourth-order valence-electron chi connectivity index (χ4n) is 2.33. The van der Waals surface area contributed by atoms with Gasteiger partial charge in [-0.25, -0.2) is 4.79 Å². The molecule has 2 aromatic rings. The van der Waals surface area contributed by atoms with Crippen molar-refractivity contribution in [3.63, 3.8) is 0 Å². The van der Waals surface area contributed by atoms with E-state index in [9.17, 15) is 9.59 Å². The van der Waals surface area contributed by atoms with Gasteiger partial charge in [0.05, 0.1) is 12.7 Å². The standard InChI is InChI=1S/C16H17NO3/c1-11-8-14(10-18)12(2)17(11)9-13-6-4-5-7-15(13)16(19)20-3/h4-8,10H,9H2,1-3H3. The highest BCUT2D eigenvalue weighted by Gasteiger charge is 2.14. The minimum atomic E-state index is -0.348. The summed E-state index contributed by atoms with van der Waals surface area (Å²) in [5.74, 6) is -0.348. The molecule has 0 saturated heterocycles. The molecule has 0 fully saturated rings. The number of aldehydes is 1. The zero-order valence-electron chi connectivity index (χ0n) is 11.8. The zero-order chi connectivity index (χ0) is 14.7. The monoisotopic (exact) mass is 271 g/mol. The largest absolute Gasteiger partial charge is 0.465 e. The Balaban J connectivity index is 2.43. The number of aryl methyl sites for hydroxylation is 1. The number of carbonyl (C=O) groups excluding carboxylic acids is 2. The fourth-order valence-corrected chi connectivity index (χ4v) is 2.33. The Morgan fingerprint density at radius 1 is 1.30 bits per heavy atom. The number of methoxy groups -OCH3 is 1. The van der Waals surface area contributed by atoms with Crippen molar-refractivity contribution in [2.24, 2.45) is 0 Å². The molecule has 1 heterocycles. The van der Waals surface area contributed by atoms with Crippen LogP contribution in [0.25, 0.3) is 0 Å². The van der Waals surface area contributed by atoms with E-state index in [1.54, 1.807) is 6.07 Å². The lowest BCUT2D eigenvalue weighted by Crippen LogP contribution is -2.10. The molecule has 0 bridgehead atoms. The molecule has 1 aromatic heterocycles. The highest BCUT2D eigenvalue weighted by molar-refractivity contribution is 5.91. The van der Waals surface area contributed by atoms with Crippen molar-refractivity contribution >= 4 is 12.3 Å². The average Bonchev–Trinajstić information content (AvgIpc) is 2.74. The maximum atomic E-state index is 11.8. The molecule has 4 heteroatoms. The van der Waals surface area contributed by atoms with Crippen LogP contribution in [0.2, 0.25) is 0 Å². The Morgan fingerprint density at radius 2 is 2.00 bits per heavy atom. The van der Waals surface area contributed by atoms with Gasteiger partial charge in [-0.05, 0) is 31.5 Å². The number of nitrogens with zero attached hydrogens (tertiary/aromatic N) is 1. The second-order valence-corrected chi connectivity index (χ2v) is 4.68. The van der Waals surface area contributed by atoms with Gasteiger partial charge < -0.3 is 9.30 Å². The smallest absolute Gasteiger partial charge is 0.338 e. The lowest BCUT2D eigenvalue weighted by Gasteiger charge is -2.12. The van der Waals surface area contributed by atoms with Crippen molar-refractivity contribution in [3.8, 4) is 0 Å². The Labute approximate surface area is 118 Å². The second kappa shape index (κ2) is 5.74. The van der Waals surface area contributed by atoms with E-state index in [4.69, 9.17) is 4.74 Å². The molecule has 0 radical (unpaired) electrons. The molecule has 0 aliphatic rings. The van der Waals surface area contributed by atoms with Gasteiger partial charge >= 0.3 is 5.97 Å². The number of rotatable bonds is 4. The van der Waals surface area contributed by atoms with Crippen LogP contribution in [0.5, 0.6) is 0 Å². The fraction of sp³-hybridized carbons (Fsp3) is 0.250. The highest BCUT2D eigenvalue weighted by atomic mass is 16.5. The number of hydrogen-bond donors (Lipinski definition) is 0. The summed E-state index contributed by atoms with van der Waals surface area (Å²) in [5.41, 5.74) is 3.99.